The molecule has 0 amide bonds. The quantitative estimate of drug-likeness (QED) is 0.250. The highest BCUT2D eigenvalue weighted by Crippen LogP contribution is 2.35. The van der Waals surface area contributed by atoms with E-state index < -0.39 is 0 Å². The number of fused-ring (bicyclic) bond motifs is 1. The number of benzene rings is 5. The summed E-state index contributed by atoms with van der Waals surface area (Å²) in [6, 6.07) is 47.5. The zero-order valence-electron chi connectivity index (χ0n) is 20.6. The van der Waals surface area contributed by atoms with Crippen molar-refractivity contribution in [1.82, 2.24) is 0 Å². The molecular formula is C34H25N3S. The number of rotatable bonds is 5. The lowest BCUT2D eigenvalue weighted by atomic mass is 9.84. The van der Waals surface area contributed by atoms with Gasteiger partial charge in [0.2, 0.25) is 0 Å². The molecule has 0 aliphatic heterocycles. The summed E-state index contributed by atoms with van der Waals surface area (Å²) >= 11 is 4.33. The van der Waals surface area contributed by atoms with Gasteiger partial charge in [0.25, 0.3) is 0 Å². The van der Waals surface area contributed by atoms with Crippen molar-refractivity contribution in [3.63, 3.8) is 0 Å². The van der Waals surface area contributed by atoms with Crippen LogP contribution in [0.1, 0.15) is 11.1 Å². The summed E-state index contributed by atoms with van der Waals surface area (Å²) in [6.45, 7) is 0. The Morgan fingerprint density at radius 3 is 1.42 bits per heavy atom. The third-order valence-electron chi connectivity index (χ3n) is 6.79. The van der Waals surface area contributed by atoms with Crippen LogP contribution in [-0.4, -0.2) is 11.4 Å². The van der Waals surface area contributed by atoms with Crippen LogP contribution in [0.4, 0.5) is 17.1 Å². The molecule has 0 radical (unpaired) electrons. The molecule has 0 saturated heterocycles. The van der Waals surface area contributed by atoms with E-state index in [1.54, 1.807) is 0 Å². The fourth-order valence-electron chi connectivity index (χ4n) is 5.10. The van der Waals surface area contributed by atoms with E-state index in [1.165, 1.54) is 0 Å². The molecule has 6 rings (SSSR count). The van der Waals surface area contributed by atoms with Gasteiger partial charge in [0, 0.05) is 28.2 Å². The van der Waals surface area contributed by atoms with E-state index >= 15 is 0 Å². The minimum absolute atomic E-state index is 0.374. The van der Waals surface area contributed by atoms with Gasteiger partial charge in [0.05, 0.1) is 5.71 Å². The summed E-state index contributed by atoms with van der Waals surface area (Å²) in [5.41, 5.74) is 7.94. The van der Waals surface area contributed by atoms with E-state index in [9.17, 15) is 0 Å². The lowest BCUT2D eigenvalue weighted by molar-refractivity contribution is 1.28. The molecule has 1 aliphatic carbocycles. The second-order valence-corrected chi connectivity index (χ2v) is 9.24. The van der Waals surface area contributed by atoms with Gasteiger partial charge in [-0.05, 0) is 70.8 Å². The number of thiol groups is 1. The molecule has 0 atom stereocenters. The minimum Gasteiger partial charge on any atom is -0.311 e. The van der Waals surface area contributed by atoms with E-state index in [4.69, 9.17) is 5.41 Å². The minimum atomic E-state index is 0.374. The van der Waals surface area contributed by atoms with E-state index in [1.807, 2.05) is 54.6 Å². The summed E-state index contributed by atoms with van der Waals surface area (Å²) < 4.78 is 4.33. The molecule has 38 heavy (non-hydrogen) atoms. The SMILES string of the molecule is N=C1C(c2ccccc2)=c2ccccc2=C(c2ccc(N(c3ccccc3)c3ccccc3)cc2)/C1=N/S. The molecule has 5 aromatic carbocycles. The Balaban J connectivity index is 1.54. The predicted octanol–water partition coefficient (Wildman–Crippen LogP) is 6.87. The third-order valence-corrected chi connectivity index (χ3v) is 6.99. The normalized spacial score (nSPS) is 13.9. The summed E-state index contributed by atoms with van der Waals surface area (Å²) in [7, 11) is 0. The first-order valence-corrected chi connectivity index (χ1v) is 12.9. The Hall–Kier alpha value is -4.67. The van der Waals surface area contributed by atoms with Gasteiger partial charge in [-0.15, -0.1) is 0 Å². The molecule has 1 aliphatic rings. The fraction of sp³-hybridized carbons (Fsp3) is 0. The van der Waals surface area contributed by atoms with Crippen LogP contribution >= 0.6 is 12.8 Å². The molecule has 0 bridgehead atoms. The van der Waals surface area contributed by atoms with Crippen molar-refractivity contribution >= 4 is 52.4 Å². The average Bonchev–Trinajstić information content (AvgIpc) is 2.99. The molecule has 1 N–H and O–H groups in total. The van der Waals surface area contributed by atoms with Crippen molar-refractivity contribution in [2.45, 2.75) is 0 Å². The maximum atomic E-state index is 9.14. The van der Waals surface area contributed by atoms with Crippen molar-refractivity contribution in [2.75, 3.05) is 4.90 Å². The lowest BCUT2D eigenvalue weighted by Crippen LogP contribution is -2.41. The molecule has 0 spiro atoms. The monoisotopic (exact) mass is 507 g/mol. The van der Waals surface area contributed by atoms with Crippen LogP contribution in [-0.2, 0) is 0 Å². The zero-order valence-corrected chi connectivity index (χ0v) is 21.5. The maximum Gasteiger partial charge on any atom is 0.105 e. The van der Waals surface area contributed by atoms with Gasteiger partial charge < -0.3 is 4.90 Å². The highest BCUT2D eigenvalue weighted by Gasteiger charge is 2.25. The van der Waals surface area contributed by atoms with Crippen LogP contribution in [0.15, 0.2) is 144 Å². The Bertz CT molecular complexity index is 1720. The summed E-state index contributed by atoms with van der Waals surface area (Å²) in [5.74, 6) is 0. The summed E-state index contributed by atoms with van der Waals surface area (Å²) in [4.78, 5) is 2.24. The fourth-order valence-corrected chi connectivity index (χ4v) is 5.30. The van der Waals surface area contributed by atoms with Gasteiger partial charge in [-0.25, -0.2) is 4.40 Å². The first-order valence-electron chi connectivity index (χ1n) is 12.5. The second-order valence-electron chi connectivity index (χ2n) is 9.04. The number of nitrogens with one attached hydrogen (secondary N) is 1. The van der Waals surface area contributed by atoms with Gasteiger partial charge in [0.1, 0.15) is 5.71 Å². The van der Waals surface area contributed by atoms with Gasteiger partial charge >= 0.3 is 0 Å². The first-order chi connectivity index (χ1) is 18.8. The third kappa shape index (κ3) is 4.25. The Labute approximate surface area is 227 Å². The molecule has 0 saturated carbocycles. The highest BCUT2D eigenvalue weighted by molar-refractivity contribution is 7.79. The largest absolute Gasteiger partial charge is 0.311 e. The van der Waals surface area contributed by atoms with Crippen molar-refractivity contribution < 1.29 is 0 Å². The number of para-hydroxylation sites is 2. The van der Waals surface area contributed by atoms with Gasteiger partial charge in [-0.3, -0.25) is 5.41 Å². The average molecular weight is 508 g/mol. The van der Waals surface area contributed by atoms with Crippen molar-refractivity contribution in [3.8, 4) is 0 Å². The Kier molecular flexibility index (Phi) is 6.47. The molecule has 4 heteroatoms. The van der Waals surface area contributed by atoms with Crippen LogP contribution in [0.2, 0.25) is 0 Å². The first kappa shape index (κ1) is 23.7. The van der Waals surface area contributed by atoms with Gasteiger partial charge in [-0.2, -0.15) is 0 Å². The molecule has 0 heterocycles. The molecule has 182 valence electrons. The van der Waals surface area contributed by atoms with Crippen LogP contribution < -0.4 is 15.3 Å². The number of anilines is 3. The van der Waals surface area contributed by atoms with E-state index in [0.29, 0.717) is 11.4 Å². The Morgan fingerprint density at radius 1 is 0.474 bits per heavy atom. The Morgan fingerprint density at radius 2 is 0.895 bits per heavy atom. The predicted molar refractivity (Wildman–Crippen MR) is 162 cm³/mol. The maximum absolute atomic E-state index is 9.14. The van der Waals surface area contributed by atoms with E-state index in [-0.39, 0.29) is 0 Å². The molecule has 3 nitrogen and oxygen atoms in total. The van der Waals surface area contributed by atoms with Crippen LogP contribution in [0.3, 0.4) is 0 Å². The number of nitrogens with zero attached hydrogens (tertiary/aromatic N) is 2. The van der Waals surface area contributed by atoms with E-state index in [0.717, 1.165) is 49.8 Å². The highest BCUT2D eigenvalue weighted by atomic mass is 32.1. The van der Waals surface area contributed by atoms with E-state index in [2.05, 4.69) is 107 Å². The van der Waals surface area contributed by atoms with Crippen molar-refractivity contribution in [3.05, 3.63) is 161 Å². The summed E-state index contributed by atoms with van der Waals surface area (Å²) in [5, 5.41) is 11.2. The molecule has 5 aromatic rings. The summed E-state index contributed by atoms with van der Waals surface area (Å²) in [6.07, 6.45) is 0. The number of hydrogen-bond acceptors (Lipinski definition) is 4. The molecule has 0 fully saturated rings. The lowest BCUT2D eigenvalue weighted by Gasteiger charge is -2.26. The molecule has 0 aromatic heterocycles. The van der Waals surface area contributed by atoms with Gasteiger partial charge in [-0.1, -0.05) is 103 Å². The van der Waals surface area contributed by atoms with Crippen LogP contribution in [0.25, 0.3) is 11.1 Å². The topological polar surface area (TPSA) is 39.5 Å². The molecular weight excluding hydrogens is 482 g/mol. The smallest absolute Gasteiger partial charge is 0.105 e. The van der Waals surface area contributed by atoms with Crippen LogP contribution in [0.5, 0.6) is 0 Å². The molecule has 0 unspecified atom stereocenters. The number of hydrogen-bond donors (Lipinski definition) is 2. The standard InChI is InChI=1S/C34H25N3S/c35-33-31(24-12-4-1-5-13-24)29-18-10-11-19-30(29)32(34(33)36-38)25-20-22-28(23-21-25)37(26-14-6-2-7-15-26)27-16-8-3-9-17-27/h1-23,35,38H/b35-33?,36-34-. The van der Waals surface area contributed by atoms with Crippen LogP contribution in [0, 0.1) is 5.41 Å². The zero-order chi connectivity index (χ0) is 25.9. The van der Waals surface area contributed by atoms with Gasteiger partial charge in [0.15, 0.2) is 0 Å². The van der Waals surface area contributed by atoms with Crippen molar-refractivity contribution in [2.24, 2.45) is 4.40 Å². The van der Waals surface area contributed by atoms with Crippen molar-refractivity contribution in [1.29, 1.82) is 5.41 Å². The second kappa shape index (κ2) is 10.4.